The van der Waals surface area contributed by atoms with Crippen LogP contribution in [0, 0.1) is 16.2 Å². The Balaban J connectivity index is 1.58. The molecule has 2 aliphatic rings. The van der Waals surface area contributed by atoms with Crippen LogP contribution in [0.2, 0.25) is 10.0 Å². The molecule has 4 rings (SSSR count). The highest BCUT2D eigenvalue weighted by molar-refractivity contribution is 7.99. The first-order chi connectivity index (χ1) is 13.9. The normalized spacial score (nSPS) is 20.9. The Hall–Kier alpha value is -1.54. The average Bonchev–Trinajstić information content (AvgIpc) is 3.07. The minimum atomic E-state index is 0.212. The highest BCUT2D eigenvalue weighted by Gasteiger charge is 2.43. The lowest BCUT2D eigenvalue weighted by Crippen LogP contribution is -2.48. The van der Waals surface area contributed by atoms with Gasteiger partial charge in [0.1, 0.15) is 5.49 Å². The van der Waals surface area contributed by atoms with Crippen molar-refractivity contribution in [2.45, 2.75) is 47.9 Å². The van der Waals surface area contributed by atoms with Crippen LogP contribution in [-0.4, -0.2) is 35.0 Å². The maximum Gasteiger partial charge on any atom is 0.212 e. The number of benzene rings is 1. The second kappa shape index (κ2) is 8.30. The lowest BCUT2D eigenvalue weighted by molar-refractivity contribution is 0.196. The van der Waals surface area contributed by atoms with Gasteiger partial charge in [0, 0.05) is 30.2 Å². The number of aromatic nitrogens is 2. The summed E-state index contributed by atoms with van der Waals surface area (Å²) in [5, 5.41) is 17.4. The third-order valence-corrected chi connectivity index (χ3v) is 8.28. The molecule has 0 amide bonds. The molecule has 1 aromatic heterocycles. The number of nitrogens with zero attached hydrogens (tertiary/aromatic N) is 3. The first kappa shape index (κ1) is 20.7. The third-order valence-electron chi connectivity index (χ3n) is 6.27. The maximum absolute atomic E-state index is 8.60. The number of halogens is 2. The van der Waals surface area contributed by atoms with E-state index in [-0.39, 0.29) is 10.9 Å². The van der Waals surface area contributed by atoms with Gasteiger partial charge in [-0.05, 0) is 43.2 Å². The Kier molecular flexibility index (Phi) is 5.93. The highest BCUT2D eigenvalue weighted by Crippen LogP contribution is 2.45. The van der Waals surface area contributed by atoms with E-state index in [1.54, 1.807) is 12.3 Å². The van der Waals surface area contributed by atoms with Crippen LogP contribution in [0.25, 0.3) is 0 Å². The summed E-state index contributed by atoms with van der Waals surface area (Å²) in [6.07, 6.45) is 8.46. The van der Waals surface area contributed by atoms with Crippen molar-refractivity contribution in [3.05, 3.63) is 39.9 Å². The molecule has 1 saturated carbocycles. The number of hydrogen-bond donors (Lipinski definition) is 3. The summed E-state index contributed by atoms with van der Waals surface area (Å²) in [5.74, 6) is 0.632. The summed E-state index contributed by atoms with van der Waals surface area (Å²) < 4.78 is 1.52. The van der Waals surface area contributed by atoms with E-state index in [0.29, 0.717) is 26.9 Å². The predicted molar refractivity (Wildman–Crippen MR) is 119 cm³/mol. The summed E-state index contributed by atoms with van der Waals surface area (Å²) in [5.41, 5.74) is 6.87. The molecule has 1 spiro atoms. The molecule has 0 radical (unpaired) electrons. The molecular formula is C20H24Cl2N6S. The van der Waals surface area contributed by atoms with Crippen LogP contribution in [0.1, 0.15) is 32.1 Å². The van der Waals surface area contributed by atoms with Crippen molar-refractivity contribution in [3.63, 3.8) is 0 Å². The van der Waals surface area contributed by atoms with E-state index >= 15 is 0 Å². The van der Waals surface area contributed by atoms with Gasteiger partial charge >= 0.3 is 0 Å². The molecule has 6 nitrogen and oxygen atoms in total. The molecule has 2 heterocycles. The molecule has 1 aliphatic carbocycles. The van der Waals surface area contributed by atoms with E-state index in [4.69, 9.17) is 39.8 Å². The van der Waals surface area contributed by atoms with Gasteiger partial charge in [0.15, 0.2) is 0 Å². The lowest BCUT2D eigenvalue weighted by atomic mass is 9.74. The Labute approximate surface area is 184 Å². The quantitative estimate of drug-likeness (QED) is 0.475. The van der Waals surface area contributed by atoms with Crippen LogP contribution < -0.4 is 16.1 Å². The van der Waals surface area contributed by atoms with E-state index in [1.165, 1.54) is 29.2 Å². The van der Waals surface area contributed by atoms with Crippen LogP contribution in [0.5, 0.6) is 0 Å². The number of anilines is 1. The van der Waals surface area contributed by atoms with Crippen molar-refractivity contribution >= 4 is 47.3 Å². The van der Waals surface area contributed by atoms with Crippen LogP contribution in [-0.2, 0) is 0 Å². The zero-order valence-corrected chi connectivity index (χ0v) is 18.3. The molecule has 0 bridgehead atoms. The van der Waals surface area contributed by atoms with Crippen molar-refractivity contribution in [1.82, 2.24) is 9.55 Å². The van der Waals surface area contributed by atoms with Crippen LogP contribution in [0.15, 0.2) is 34.2 Å². The van der Waals surface area contributed by atoms with Gasteiger partial charge < -0.3 is 10.6 Å². The van der Waals surface area contributed by atoms with Gasteiger partial charge in [-0.1, -0.05) is 47.5 Å². The van der Waals surface area contributed by atoms with E-state index in [0.717, 1.165) is 43.6 Å². The standard InChI is InChI=1S/C20H24Cl2N6S/c21-13-3-1-4-14(17(13)22)29-15-11-26-19(28(12-23)18(15)25)27-9-7-20(8-10-27)6-2-5-16(20)24/h1,3-4,11-12,16,23,25H,2,5-10,24H2/t16-/m0/s1. The molecule has 1 saturated heterocycles. The van der Waals surface area contributed by atoms with Crippen molar-refractivity contribution in [2.24, 2.45) is 11.1 Å². The second-order valence-electron chi connectivity index (χ2n) is 7.77. The minimum Gasteiger partial charge on any atom is -0.342 e. The Morgan fingerprint density at radius 2 is 1.97 bits per heavy atom. The van der Waals surface area contributed by atoms with E-state index < -0.39 is 0 Å². The number of rotatable bonds is 4. The van der Waals surface area contributed by atoms with Crippen LogP contribution in [0.4, 0.5) is 5.95 Å². The molecule has 1 atom stereocenters. The molecule has 29 heavy (non-hydrogen) atoms. The fraction of sp³-hybridized carbons (Fsp3) is 0.450. The molecular weight excluding hydrogens is 427 g/mol. The maximum atomic E-state index is 8.60. The Bertz CT molecular complexity index is 983. The van der Waals surface area contributed by atoms with Gasteiger partial charge in [-0.3, -0.25) is 15.4 Å². The number of nitrogens with one attached hydrogen (secondary N) is 2. The third kappa shape index (κ3) is 3.81. The topological polar surface area (TPSA) is 94.8 Å². The van der Waals surface area contributed by atoms with Gasteiger partial charge in [-0.2, -0.15) is 0 Å². The summed E-state index contributed by atoms with van der Waals surface area (Å²) in [4.78, 5) is 8.15. The number of hydrogen-bond acceptors (Lipinski definition) is 6. The molecule has 4 N–H and O–H groups in total. The second-order valence-corrected chi connectivity index (χ2v) is 9.64. The Morgan fingerprint density at radius 1 is 1.21 bits per heavy atom. The minimum absolute atomic E-state index is 0.212. The monoisotopic (exact) mass is 450 g/mol. The lowest BCUT2D eigenvalue weighted by Gasteiger charge is -2.42. The van der Waals surface area contributed by atoms with Gasteiger partial charge in [-0.25, -0.2) is 4.98 Å². The van der Waals surface area contributed by atoms with Gasteiger partial charge in [0.05, 0.1) is 21.3 Å². The van der Waals surface area contributed by atoms with E-state index in [2.05, 4.69) is 9.88 Å². The van der Waals surface area contributed by atoms with E-state index in [9.17, 15) is 0 Å². The number of piperidine rings is 1. The van der Waals surface area contributed by atoms with Gasteiger partial charge in [0.25, 0.3) is 0 Å². The molecule has 1 aliphatic heterocycles. The van der Waals surface area contributed by atoms with Gasteiger partial charge in [-0.15, -0.1) is 0 Å². The molecule has 9 heteroatoms. The molecule has 2 fully saturated rings. The molecule has 0 unspecified atom stereocenters. The molecule has 1 aromatic carbocycles. The first-order valence-corrected chi connectivity index (χ1v) is 11.3. The van der Waals surface area contributed by atoms with Crippen molar-refractivity contribution in [1.29, 1.82) is 10.8 Å². The summed E-state index contributed by atoms with van der Waals surface area (Å²) in [6, 6.07) is 5.70. The zero-order valence-electron chi connectivity index (χ0n) is 16.0. The molecule has 2 aromatic rings. The summed E-state index contributed by atoms with van der Waals surface area (Å²) in [6.45, 7) is 1.70. The predicted octanol–water partition coefficient (Wildman–Crippen LogP) is 4.37. The highest BCUT2D eigenvalue weighted by atomic mass is 35.5. The SMILES string of the molecule is N=Cn1c(N2CCC3(CCC[C@@H]3N)CC2)ncc(Sc2cccc(Cl)c2Cl)c1=N. The van der Waals surface area contributed by atoms with Crippen molar-refractivity contribution in [2.75, 3.05) is 18.0 Å². The van der Waals surface area contributed by atoms with Crippen molar-refractivity contribution < 1.29 is 0 Å². The van der Waals surface area contributed by atoms with Crippen LogP contribution >= 0.6 is 35.0 Å². The smallest absolute Gasteiger partial charge is 0.212 e. The van der Waals surface area contributed by atoms with E-state index in [1.807, 2.05) is 12.1 Å². The largest absolute Gasteiger partial charge is 0.342 e. The summed E-state index contributed by atoms with van der Waals surface area (Å²) >= 11 is 13.7. The Morgan fingerprint density at radius 3 is 2.62 bits per heavy atom. The van der Waals surface area contributed by atoms with Crippen LogP contribution in [0.3, 0.4) is 0 Å². The number of nitrogens with two attached hydrogens (primary N) is 1. The summed E-state index contributed by atoms with van der Waals surface area (Å²) in [7, 11) is 0. The average molecular weight is 451 g/mol. The zero-order chi connectivity index (χ0) is 20.6. The fourth-order valence-corrected chi connectivity index (χ4v) is 5.86. The van der Waals surface area contributed by atoms with Gasteiger partial charge in [0.2, 0.25) is 5.95 Å². The molecule has 154 valence electrons. The fourth-order valence-electron chi connectivity index (χ4n) is 4.51. The van der Waals surface area contributed by atoms with Crippen molar-refractivity contribution in [3.8, 4) is 0 Å². The first-order valence-electron chi connectivity index (χ1n) is 9.74.